The maximum absolute atomic E-state index is 13.1. The van der Waals surface area contributed by atoms with Gasteiger partial charge in [-0.15, -0.1) is 0 Å². The zero-order valence-electron chi connectivity index (χ0n) is 17.3. The molecular formula is C23H30O5. The van der Waals surface area contributed by atoms with Crippen molar-refractivity contribution in [3.8, 4) is 0 Å². The second-order valence-corrected chi connectivity index (χ2v) is 9.68. The molecule has 3 aliphatic rings. The normalized spacial score (nSPS) is 42.4. The maximum Gasteiger partial charge on any atom is 0.319 e. The molecule has 0 radical (unpaired) electrons. The highest BCUT2D eigenvalue weighted by atomic mass is 16.6. The minimum atomic E-state index is -1.39. The first-order chi connectivity index (χ1) is 13.1. The second kappa shape index (κ2) is 6.06. The van der Waals surface area contributed by atoms with Crippen LogP contribution in [0.15, 0.2) is 30.3 Å². The lowest BCUT2D eigenvalue weighted by molar-refractivity contribution is -0.315. The molecule has 1 N–H and O–H groups in total. The molecule has 1 aliphatic carbocycles. The monoisotopic (exact) mass is 386 g/mol. The van der Waals surface area contributed by atoms with Crippen molar-refractivity contribution in [3.63, 3.8) is 0 Å². The molecule has 5 heteroatoms. The minimum absolute atomic E-state index is 0.0314. The Balaban J connectivity index is 1.90. The number of aliphatic hydroxyl groups is 1. The molecule has 5 nitrogen and oxygen atoms in total. The average molecular weight is 386 g/mol. The van der Waals surface area contributed by atoms with E-state index < -0.39 is 28.5 Å². The van der Waals surface area contributed by atoms with Gasteiger partial charge in [0.15, 0.2) is 0 Å². The van der Waals surface area contributed by atoms with Crippen LogP contribution < -0.4 is 0 Å². The lowest BCUT2D eigenvalue weighted by atomic mass is 9.43. The molecule has 152 valence electrons. The van der Waals surface area contributed by atoms with Gasteiger partial charge >= 0.3 is 11.9 Å². The van der Waals surface area contributed by atoms with Crippen LogP contribution in [0.5, 0.6) is 0 Å². The Kier molecular flexibility index (Phi) is 4.20. The summed E-state index contributed by atoms with van der Waals surface area (Å²) in [5.74, 6) is -0.755. The maximum atomic E-state index is 13.1. The number of rotatable bonds is 3. The van der Waals surface area contributed by atoms with Crippen molar-refractivity contribution >= 4 is 11.9 Å². The van der Waals surface area contributed by atoms with Crippen molar-refractivity contribution < 1.29 is 24.2 Å². The molecule has 2 aliphatic heterocycles. The number of esters is 2. The number of carbonyl (C=O) groups excluding carboxylic acids is 2. The summed E-state index contributed by atoms with van der Waals surface area (Å²) in [7, 11) is 0. The molecule has 1 aromatic rings. The van der Waals surface area contributed by atoms with E-state index in [0.717, 1.165) is 0 Å². The molecular weight excluding hydrogens is 356 g/mol. The summed E-state index contributed by atoms with van der Waals surface area (Å²) in [4.78, 5) is 25.9. The molecule has 6 atom stereocenters. The molecule has 28 heavy (non-hydrogen) atoms. The number of hydrogen-bond acceptors (Lipinski definition) is 5. The standard InChI is InChI=1S/C23H30O5/c1-13(2)17-21(19(24)27-17)11-15(5)23(26,16-9-7-6-8-10-16)22(12-21)18(14(3)4)28-20(22)25/h6-10,13-15,17-18,26H,11-12H2,1-5H3/t15-,17+,18+,21+,22-,23+/m1/s1. The molecule has 0 amide bonds. The number of ether oxygens (including phenoxy) is 2. The van der Waals surface area contributed by atoms with Crippen molar-refractivity contribution in [2.24, 2.45) is 28.6 Å². The largest absolute Gasteiger partial charge is 0.460 e. The van der Waals surface area contributed by atoms with Crippen LogP contribution in [0.3, 0.4) is 0 Å². The van der Waals surface area contributed by atoms with Crippen LogP contribution >= 0.6 is 0 Å². The molecule has 0 aromatic heterocycles. The SMILES string of the molecule is CC(C)[C@@H]1OC(=O)[C@]12C[C@@H](C)[C@](O)(c1ccccc1)[C@@]1(C2)C(=O)O[C@H]1C(C)C. The van der Waals surface area contributed by atoms with Gasteiger partial charge in [0.1, 0.15) is 28.6 Å². The van der Waals surface area contributed by atoms with E-state index in [-0.39, 0.29) is 36.2 Å². The second-order valence-electron chi connectivity index (χ2n) is 9.68. The van der Waals surface area contributed by atoms with E-state index in [2.05, 4.69) is 0 Å². The van der Waals surface area contributed by atoms with Gasteiger partial charge in [-0.1, -0.05) is 65.0 Å². The highest BCUT2D eigenvalue weighted by molar-refractivity contribution is 5.90. The van der Waals surface area contributed by atoms with Gasteiger partial charge in [0, 0.05) is 0 Å². The fourth-order valence-electron chi connectivity index (χ4n) is 6.25. The fraction of sp³-hybridized carbons (Fsp3) is 0.652. The Labute approximate surface area is 166 Å². The van der Waals surface area contributed by atoms with E-state index in [1.807, 2.05) is 65.0 Å². The van der Waals surface area contributed by atoms with Crippen molar-refractivity contribution in [1.29, 1.82) is 0 Å². The molecule has 0 unspecified atom stereocenters. The minimum Gasteiger partial charge on any atom is -0.460 e. The number of benzene rings is 1. The first-order valence-corrected chi connectivity index (χ1v) is 10.3. The first kappa shape index (κ1) is 19.4. The van der Waals surface area contributed by atoms with Crippen molar-refractivity contribution in [3.05, 3.63) is 35.9 Å². The van der Waals surface area contributed by atoms with Gasteiger partial charge in [-0.05, 0) is 36.2 Å². The Hall–Kier alpha value is -1.88. The van der Waals surface area contributed by atoms with Gasteiger partial charge in [-0.25, -0.2) is 0 Å². The zero-order chi connectivity index (χ0) is 20.5. The van der Waals surface area contributed by atoms with Crippen molar-refractivity contribution in [1.82, 2.24) is 0 Å². The van der Waals surface area contributed by atoms with Crippen LogP contribution in [0, 0.1) is 28.6 Å². The van der Waals surface area contributed by atoms with Crippen LogP contribution in [-0.4, -0.2) is 29.3 Å². The van der Waals surface area contributed by atoms with E-state index in [9.17, 15) is 14.7 Å². The average Bonchev–Trinajstić information content (AvgIpc) is 2.65. The lowest BCUT2D eigenvalue weighted by Gasteiger charge is -2.67. The Morgan fingerprint density at radius 3 is 2.04 bits per heavy atom. The third-order valence-electron chi connectivity index (χ3n) is 7.35. The predicted octanol–water partition coefficient (Wildman–Crippen LogP) is 3.44. The number of cyclic esters (lactones) is 2. The summed E-state index contributed by atoms with van der Waals surface area (Å²) in [6.07, 6.45) is 0.103. The molecule has 2 saturated heterocycles. The van der Waals surface area contributed by atoms with Gasteiger partial charge in [0.2, 0.25) is 0 Å². The summed E-state index contributed by atoms with van der Waals surface area (Å²) in [6, 6.07) is 9.39. The smallest absolute Gasteiger partial charge is 0.319 e. The summed E-state index contributed by atoms with van der Waals surface area (Å²) < 4.78 is 11.1. The van der Waals surface area contributed by atoms with Gasteiger partial charge in [-0.3, -0.25) is 9.59 Å². The van der Waals surface area contributed by atoms with Crippen molar-refractivity contribution in [2.45, 2.75) is 65.3 Å². The van der Waals surface area contributed by atoms with Crippen molar-refractivity contribution in [2.75, 3.05) is 0 Å². The molecule has 2 spiro atoms. The van der Waals surface area contributed by atoms with Gasteiger partial charge < -0.3 is 14.6 Å². The van der Waals surface area contributed by atoms with E-state index >= 15 is 0 Å². The molecule has 3 fully saturated rings. The van der Waals surface area contributed by atoms with E-state index in [0.29, 0.717) is 12.0 Å². The van der Waals surface area contributed by atoms with Gasteiger partial charge in [0.25, 0.3) is 0 Å². The summed E-state index contributed by atoms with van der Waals surface area (Å²) in [5, 5.41) is 12.2. The highest BCUT2D eigenvalue weighted by Crippen LogP contribution is 2.69. The summed E-state index contributed by atoms with van der Waals surface area (Å²) in [5.41, 5.74) is -2.55. The summed E-state index contributed by atoms with van der Waals surface area (Å²) >= 11 is 0. The molecule has 2 heterocycles. The first-order valence-electron chi connectivity index (χ1n) is 10.3. The van der Waals surface area contributed by atoms with Gasteiger partial charge in [-0.2, -0.15) is 0 Å². The Bertz CT molecular complexity index is 802. The molecule has 0 bridgehead atoms. The molecule has 4 rings (SSSR count). The molecule has 1 aromatic carbocycles. The van der Waals surface area contributed by atoms with E-state index in [1.165, 1.54) is 0 Å². The van der Waals surface area contributed by atoms with Crippen LogP contribution in [0.4, 0.5) is 0 Å². The predicted molar refractivity (Wildman–Crippen MR) is 103 cm³/mol. The zero-order valence-corrected chi connectivity index (χ0v) is 17.3. The number of carbonyl (C=O) groups is 2. The highest BCUT2D eigenvalue weighted by Gasteiger charge is 2.80. The lowest BCUT2D eigenvalue weighted by Crippen LogP contribution is -2.77. The van der Waals surface area contributed by atoms with Crippen LogP contribution in [0.2, 0.25) is 0 Å². The Morgan fingerprint density at radius 1 is 0.964 bits per heavy atom. The fourth-order valence-corrected chi connectivity index (χ4v) is 6.25. The third-order valence-corrected chi connectivity index (χ3v) is 7.35. The topological polar surface area (TPSA) is 72.8 Å². The van der Waals surface area contributed by atoms with E-state index in [1.54, 1.807) is 0 Å². The number of hydrogen-bond donors (Lipinski definition) is 1. The Morgan fingerprint density at radius 2 is 1.54 bits per heavy atom. The molecule has 1 saturated carbocycles. The van der Waals surface area contributed by atoms with Crippen LogP contribution in [0.1, 0.15) is 53.0 Å². The van der Waals surface area contributed by atoms with Crippen LogP contribution in [0.25, 0.3) is 0 Å². The third kappa shape index (κ3) is 2.11. The quantitative estimate of drug-likeness (QED) is 0.806. The van der Waals surface area contributed by atoms with E-state index in [4.69, 9.17) is 9.47 Å². The van der Waals surface area contributed by atoms with Crippen LogP contribution in [-0.2, 0) is 24.7 Å². The summed E-state index contributed by atoms with van der Waals surface area (Å²) in [6.45, 7) is 10.0. The van der Waals surface area contributed by atoms with Gasteiger partial charge in [0.05, 0.1) is 0 Å².